The van der Waals surface area contributed by atoms with E-state index in [9.17, 15) is 72.7 Å². The minimum Gasteiger partial charge on any atom is -0.447 e. The van der Waals surface area contributed by atoms with E-state index in [1.165, 1.54) is 78.1 Å². The van der Waals surface area contributed by atoms with Crippen LogP contribution in [0.15, 0.2) is 159 Å². The molecule has 9 aromatic rings. The lowest BCUT2D eigenvalue weighted by Gasteiger charge is -2.35. The van der Waals surface area contributed by atoms with Gasteiger partial charge in [0.15, 0.2) is 23.7 Å². The van der Waals surface area contributed by atoms with Gasteiger partial charge in [-0.05, 0) is 93.6 Å². The summed E-state index contributed by atoms with van der Waals surface area (Å²) in [6.07, 6.45) is -12.3. The number of pyridine rings is 3. The minimum atomic E-state index is -4.92. The molecule has 37 heteroatoms. The minimum absolute atomic E-state index is 0.0383. The Morgan fingerprint density at radius 3 is 1.01 bits per heavy atom. The van der Waals surface area contributed by atoms with Crippen LogP contribution in [-0.2, 0) is 32.7 Å². The maximum Gasteiger partial charge on any atom is 0.452 e. The number of oxazole rings is 3. The predicted molar refractivity (Wildman–Crippen MR) is 372 cm³/mol. The van der Waals surface area contributed by atoms with Gasteiger partial charge in [0.1, 0.15) is 30.7 Å². The van der Waals surface area contributed by atoms with Crippen LogP contribution in [-0.4, -0.2) is 185 Å². The van der Waals surface area contributed by atoms with Gasteiger partial charge in [0.25, 0.3) is 17.7 Å². The fraction of sp³-hybridized carbons (Fsp3) is 0.306. The van der Waals surface area contributed by atoms with Gasteiger partial charge in [-0.1, -0.05) is 60.5 Å². The highest BCUT2D eigenvalue weighted by Crippen LogP contribution is 2.39. The van der Waals surface area contributed by atoms with Gasteiger partial charge in [-0.3, -0.25) is 14.4 Å². The molecule has 0 aliphatic carbocycles. The van der Waals surface area contributed by atoms with Crippen molar-refractivity contribution in [2.24, 2.45) is 0 Å². The topological polar surface area (TPSA) is 302 Å². The van der Waals surface area contributed by atoms with Crippen molar-refractivity contribution in [1.29, 1.82) is 0 Å². The molecule has 27 nitrogen and oxygen atoms in total. The summed E-state index contributed by atoms with van der Waals surface area (Å²) in [4.78, 5) is 109. The van der Waals surface area contributed by atoms with E-state index in [4.69, 9.17) is 27.5 Å². The number of hydrogen-bond acceptors (Lipinski definition) is 21. The standard InChI is InChI=1S/C25H22F3N5O4.C24H24F3N5O4.C23H21F4N5O4/c1-2-3-15-36-24(35)33-13-11-32(12-14-33)19-10-9-18(16-29-19)30-22(34)20-21(25(26,27)28)37-23(31-20)17-7-5-4-6-8-17;1-15(2)35-23(34)32-12-10-31(11-13-32)18-9-8-17(14-28-18)29-21(33)19-20(24(25,26)27)36-22(30-19)16-6-4-3-5-7-16;24-8-13-35-22(34)32-11-9-31(10-12-32)17-7-6-16(14-28-17)29-20(33)18-19(23(25,26)27)36-21(30-18)15-4-2-1-3-5-15/h4-10,16H,11-15H2,1H3,(H,30,34);3-9,14-15H,10-13H2,1-2H3,(H,29,33);1-7,14H,8-13H2,(H,29,33). The second-order valence-corrected chi connectivity index (χ2v) is 23.9. The summed E-state index contributed by atoms with van der Waals surface area (Å²) >= 11 is 0. The van der Waals surface area contributed by atoms with Gasteiger partial charge < -0.3 is 72.8 Å². The van der Waals surface area contributed by atoms with Crippen molar-refractivity contribution >= 4 is 70.5 Å². The number of nitrogens with one attached hydrogen (secondary N) is 3. The highest BCUT2D eigenvalue weighted by atomic mass is 19.4. The number of hydrogen-bond donors (Lipinski definition) is 3. The second kappa shape index (κ2) is 35.5. The number of benzene rings is 3. The number of carbonyl (C=O) groups is 6. The van der Waals surface area contributed by atoms with Crippen molar-refractivity contribution in [1.82, 2.24) is 44.6 Å². The molecule has 3 saturated heterocycles. The molecule has 6 amide bonds. The van der Waals surface area contributed by atoms with Gasteiger partial charge in [0.05, 0.1) is 41.8 Å². The van der Waals surface area contributed by atoms with Gasteiger partial charge >= 0.3 is 36.8 Å². The van der Waals surface area contributed by atoms with Crippen molar-refractivity contribution in [3.63, 3.8) is 0 Å². The zero-order chi connectivity index (χ0) is 78.0. The first kappa shape index (κ1) is 78.8. The molecule has 9 heterocycles. The van der Waals surface area contributed by atoms with Crippen LogP contribution in [0.2, 0.25) is 0 Å². The van der Waals surface area contributed by atoms with E-state index in [-0.39, 0.29) is 60.1 Å². The summed E-state index contributed by atoms with van der Waals surface area (Å²) in [6.45, 7) is 9.65. The van der Waals surface area contributed by atoms with Crippen molar-refractivity contribution in [3.05, 3.63) is 180 Å². The smallest absolute Gasteiger partial charge is 0.447 e. The largest absolute Gasteiger partial charge is 0.452 e. The van der Waals surface area contributed by atoms with Gasteiger partial charge in [-0.25, -0.2) is 48.7 Å². The molecule has 0 radical (unpaired) electrons. The third-order valence-electron chi connectivity index (χ3n) is 16.0. The number of aromatic nitrogens is 6. The van der Waals surface area contributed by atoms with E-state index in [2.05, 4.69) is 57.7 Å². The third-order valence-corrected chi connectivity index (χ3v) is 16.0. The monoisotopic (exact) mass is 1520 g/mol. The Balaban J connectivity index is 0.000000174. The Hall–Kier alpha value is -12.8. The predicted octanol–water partition coefficient (Wildman–Crippen LogP) is 13.2. The zero-order valence-corrected chi connectivity index (χ0v) is 58.1. The molecule has 3 N–H and O–H groups in total. The molecule has 572 valence electrons. The summed E-state index contributed by atoms with van der Waals surface area (Å²) in [5.74, 6) is -1.57. The maximum absolute atomic E-state index is 13.5. The first-order chi connectivity index (χ1) is 52.1. The summed E-state index contributed by atoms with van der Waals surface area (Å²) in [7, 11) is 0. The molecule has 3 aliphatic heterocycles. The number of rotatable bonds is 16. The highest BCUT2D eigenvalue weighted by Gasteiger charge is 2.45. The average Bonchev–Trinajstić information content (AvgIpc) is 1.66. The van der Waals surface area contributed by atoms with Crippen LogP contribution < -0.4 is 30.7 Å². The number of anilines is 6. The van der Waals surface area contributed by atoms with Crippen LogP contribution in [0.1, 0.15) is 69.5 Å². The molecular weight excluding hydrogens is 1460 g/mol. The van der Waals surface area contributed by atoms with Gasteiger partial charge in [0.2, 0.25) is 35.0 Å². The third kappa shape index (κ3) is 21.1. The fourth-order valence-electron chi connectivity index (χ4n) is 10.7. The highest BCUT2D eigenvalue weighted by molar-refractivity contribution is 6.05. The molecule has 0 saturated carbocycles. The fourth-order valence-corrected chi connectivity index (χ4v) is 10.7. The number of halogens is 10. The van der Waals surface area contributed by atoms with Gasteiger partial charge in [0, 0.05) is 95.2 Å². The molecule has 12 rings (SSSR count). The summed E-state index contributed by atoms with van der Waals surface area (Å²) in [5, 5.41) is 7.15. The molecule has 0 atom stereocenters. The Morgan fingerprint density at radius 1 is 0.440 bits per heavy atom. The molecule has 109 heavy (non-hydrogen) atoms. The normalized spacial score (nSPS) is 13.9. The molecule has 0 spiro atoms. The van der Waals surface area contributed by atoms with E-state index >= 15 is 0 Å². The van der Waals surface area contributed by atoms with Crippen LogP contribution in [0.4, 0.5) is 92.8 Å². The maximum atomic E-state index is 13.5. The van der Waals surface area contributed by atoms with Crippen molar-refractivity contribution < 1.29 is 100 Å². The van der Waals surface area contributed by atoms with Crippen LogP contribution in [0.3, 0.4) is 0 Å². The first-order valence-electron chi connectivity index (χ1n) is 33.4. The molecular formula is C72H67F10N15O12. The quantitative estimate of drug-likeness (QED) is 0.0460. The number of nitrogens with zero attached hydrogens (tertiary/aromatic N) is 12. The molecule has 0 bridgehead atoms. The van der Waals surface area contributed by atoms with Gasteiger partial charge in [-0.2, -0.15) is 39.5 Å². The average molecular weight is 1520 g/mol. The summed E-state index contributed by atoms with van der Waals surface area (Å²) in [5.41, 5.74) is -1.17. The lowest BCUT2D eigenvalue weighted by Crippen LogP contribution is -2.49. The van der Waals surface area contributed by atoms with E-state index in [1.807, 2.05) is 14.7 Å². The molecule has 0 unspecified atom stereocenters. The first-order valence-corrected chi connectivity index (χ1v) is 33.4. The number of piperazine rings is 3. The Labute approximate surface area is 614 Å². The Morgan fingerprint density at radius 2 is 0.743 bits per heavy atom. The number of alkyl halides is 10. The summed E-state index contributed by atoms with van der Waals surface area (Å²) in [6, 6.07) is 33.3. The van der Waals surface area contributed by atoms with Crippen LogP contribution in [0.5, 0.6) is 0 Å². The molecule has 3 aromatic carbocycles. The summed E-state index contributed by atoms with van der Waals surface area (Å²) < 4.78 is 163. The van der Waals surface area contributed by atoms with E-state index in [0.29, 0.717) is 113 Å². The number of ether oxygens (including phenoxy) is 3. The number of carbonyl (C=O) groups excluding carboxylic acids is 6. The van der Waals surface area contributed by atoms with Crippen molar-refractivity contribution in [2.75, 3.05) is 129 Å². The van der Waals surface area contributed by atoms with E-state index in [0.717, 1.165) is 0 Å². The van der Waals surface area contributed by atoms with Crippen LogP contribution in [0, 0.1) is 11.8 Å². The molecule has 6 aromatic heterocycles. The lowest BCUT2D eigenvalue weighted by atomic mass is 10.2. The Kier molecular flexibility index (Phi) is 25.7. The van der Waals surface area contributed by atoms with E-state index in [1.54, 1.807) is 103 Å². The van der Waals surface area contributed by atoms with Crippen molar-refractivity contribution in [3.8, 4) is 46.2 Å². The van der Waals surface area contributed by atoms with Crippen molar-refractivity contribution in [2.45, 2.75) is 45.4 Å². The van der Waals surface area contributed by atoms with E-state index < -0.39 is 89.5 Å². The zero-order valence-electron chi connectivity index (χ0n) is 58.1. The van der Waals surface area contributed by atoms with Crippen LogP contribution in [0.25, 0.3) is 34.4 Å². The molecule has 3 aliphatic rings. The lowest BCUT2D eigenvalue weighted by molar-refractivity contribution is -0.153. The molecule has 3 fully saturated rings. The SMILES string of the molecule is CC#CCOC(=O)N1CCN(c2ccc(NC(=O)c3nc(-c4ccccc4)oc3C(F)(F)F)cn2)CC1.CC(C)OC(=O)N1CCN(c2ccc(NC(=O)c3nc(-c4ccccc4)oc3C(F)(F)F)cn2)CC1.O=C(Nc1ccc(N2CCN(C(=O)OCCF)CC2)nc1)c1nc(-c2ccccc2)oc1C(F)(F)F. The van der Waals surface area contributed by atoms with Crippen LogP contribution >= 0.6 is 0 Å². The number of amides is 6. The Bertz CT molecular complexity index is 4630. The van der Waals surface area contributed by atoms with Gasteiger partial charge in [-0.15, -0.1) is 5.92 Å². The second-order valence-electron chi connectivity index (χ2n) is 23.9.